The molecule has 2 aliphatic carbocycles. The lowest BCUT2D eigenvalue weighted by Crippen LogP contribution is -2.42. The Balaban J connectivity index is 1.32. The fourth-order valence-corrected chi connectivity index (χ4v) is 10.1. The second-order valence-corrected chi connectivity index (χ2v) is 12.5. The predicted molar refractivity (Wildman–Crippen MR) is 138 cm³/mol. The van der Waals surface area contributed by atoms with Crippen LogP contribution in [0.2, 0.25) is 0 Å². The Kier molecular flexibility index (Phi) is 4.64. The highest BCUT2D eigenvalue weighted by atomic mass is 32.2. The zero-order valence-corrected chi connectivity index (χ0v) is 21.0. The van der Waals surface area contributed by atoms with E-state index in [0.29, 0.717) is 5.69 Å². The van der Waals surface area contributed by atoms with Gasteiger partial charge >= 0.3 is 4.87 Å². The second kappa shape index (κ2) is 7.58. The van der Waals surface area contributed by atoms with Crippen LogP contribution in [0.15, 0.2) is 64.4 Å². The molecule has 2 saturated carbocycles. The van der Waals surface area contributed by atoms with Gasteiger partial charge < -0.3 is 9.88 Å². The van der Waals surface area contributed by atoms with Crippen LogP contribution in [0, 0.1) is 29.6 Å². The molecule has 0 radical (unpaired) electrons. The quantitative estimate of drug-likeness (QED) is 0.543. The van der Waals surface area contributed by atoms with Crippen molar-refractivity contribution in [3.8, 4) is 0 Å². The van der Waals surface area contributed by atoms with Crippen molar-refractivity contribution < 1.29 is 9.59 Å². The Hall–Kier alpha value is -2.84. The number of aromatic amines is 1. The molecule has 1 N–H and O–H groups in total. The first-order valence-electron chi connectivity index (χ1n) is 12.0. The first kappa shape index (κ1) is 21.4. The number of thioether (sulfide) groups is 1. The zero-order valence-electron chi connectivity index (χ0n) is 19.4. The van der Waals surface area contributed by atoms with E-state index in [-0.39, 0.29) is 57.4 Å². The van der Waals surface area contributed by atoms with Crippen LogP contribution in [-0.2, 0) is 9.59 Å². The molecule has 2 bridgehead atoms. The molecule has 2 aromatic carbocycles. The van der Waals surface area contributed by atoms with Crippen molar-refractivity contribution in [2.24, 2.45) is 29.6 Å². The minimum atomic E-state index is -0.268. The van der Waals surface area contributed by atoms with Crippen LogP contribution in [0.1, 0.15) is 22.8 Å². The van der Waals surface area contributed by atoms with E-state index in [4.69, 9.17) is 0 Å². The Morgan fingerprint density at radius 2 is 1.60 bits per heavy atom. The van der Waals surface area contributed by atoms with E-state index in [0.717, 1.165) is 22.0 Å². The number of imide groups is 1. The molecule has 2 aliphatic heterocycles. The highest BCUT2D eigenvalue weighted by Crippen LogP contribution is 2.68. The van der Waals surface area contributed by atoms with E-state index in [1.807, 2.05) is 44.4 Å². The molecular formula is C27H25N3O3S2. The Morgan fingerprint density at radius 3 is 2.29 bits per heavy atom. The standard InChI is InChI=1S/C27H25N3O3S2/c1-29(2)14-10-8-13(9-11-14)18-19-16-12-17(22(19)34-24-23(18)35-27(33)28-24)21-20(16)25(31)30(26(21)32)15-6-4-3-5-7-15/h3-11,16-22H,12H2,1-2H3,(H,28,33)/t16-,17+,18-,19+,20-,21+,22-/m1/s1. The van der Waals surface area contributed by atoms with Crippen LogP contribution in [0.3, 0.4) is 0 Å². The number of nitrogens with one attached hydrogen (secondary N) is 1. The van der Waals surface area contributed by atoms with E-state index in [1.165, 1.54) is 21.8 Å². The summed E-state index contributed by atoms with van der Waals surface area (Å²) in [4.78, 5) is 47.3. The van der Waals surface area contributed by atoms with Crippen molar-refractivity contribution in [1.29, 1.82) is 0 Å². The van der Waals surface area contributed by atoms with Crippen LogP contribution >= 0.6 is 23.1 Å². The maximum atomic E-state index is 13.7. The lowest BCUT2D eigenvalue weighted by Gasteiger charge is -2.43. The predicted octanol–water partition coefficient (Wildman–Crippen LogP) is 4.18. The normalized spacial score (nSPS) is 32.5. The average Bonchev–Trinajstić information content (AvgIpc) is 3.58. The number of H-pyrrole nitrogens is 1. The van der Waals surface area contributed by atoms with Gasteiger partial charge in [0.1, 0.15) is 0 Å². The number of thiazole rings is 1. The number of fused-ring (bicyclic) bond motifs is 9. The smallest absolute Gasteiger partial charge is 0.305 e. The number of carbonyl (C=O) groups excluding carboxylic acids is 2. The van der Waals surface area contributed by atoms with Gasteiger partial charge in [0.15, 0.2) is 0 Å². The molecule has 2 amide bonds. The molecule has 3 fully saturated rings. The number of rotatable bonds is 3. The second-order valence-electron chi connectivity index (χ2n) is 10.3. The maximum Gasteiger partial charge on any atom is 0.305 e. The number of aromatic nitrogens is 1. The summed E-state index contributed by atoms with van der Waals surface area (Å²) < 4.78 is 0. The highest BCUT2D eigenvalue weighted by Gasteiger charge is 2.69. The SMILES string of the molecule is CN(C)c1ccc([C@H]2c3sc(=O)[nH]c3S[C@@H]3[C@H]4C[C@@H]([C@H]5C(=O)N(c6ccccc6)C(=O)[C@@H]45)[C@@H]23)cc1. The van der Waals surface area contributed by atoms with Crippen LogP contribution in [0.5, 0.6) is 0 Å². The molecule has 1 aromatic heterocycles. The third kappa shape index (κ3) is 2.93. The maximum absolute atomic E-state index is 13.7. The fraction of sp³-hybridized carbons (Fsp3) is 0.370. The summed E-state index contributed by atoms with van der Waals surface area (Å²) in [6.07, 6.45) is 0.906. The van der Waals surface area contributed by atoms with Gasteiger partial charge in [-0.15, -0.1) is 11.8 Å². The Morgan fingerprint density at radius 1 is 0.914 bits per heavy atom. The number of benzene rings is 2. The lowest BCUT2D eigenvalue weighted by atomic mass is 9.68. The van der Waals surface area contributed by atoms with Gasteiger partial charge in [0.25, 0.3) is 0 Å². The monoisotopic (exact) mass is 503 g/mol. The van der Waals surface area contributed by atoms with Crippen molar-refractivity contribution in [2.45, 2.75) is 22.6 Å². The molecule has 8 heteroatoms. The van der Waals surface area contributed by atoms with E-state index in [2.05, 4.69) is 34.1 Å². The first-order chi connectivity index (χ1) is 16.9. The van der Waals surface area contributed by atoms with E-state index in [9.17, 15) is 14.4 Å². The van der Waals surface area contributed by atoms with Gasteiger partial charge in [0.05, 0.1) is 22.5 Å². The summed E-state index contributed by atoms with van der Waals surface area (Å²) in [5.41, 5.74) is 2.98. The van der Waals surface area contributed by atoms with Gasteiger partial charge in [-0.2, -0.15) is 0 Å². The van der Waals surface area contributed by atoms with Crippen molar-refractivity contribution in [3.05, 3.63) is 74.7 Å². The van der Waals surface area contributed by atoms with Crippen LogP contribution < -0.4 is 14.7 Å². The molecule has 3 aromatic rings. The molecule has 1 saturated heterocycles. The Labute approximate surface area is 211 Å². The molecule has 7 atom stereocenters. The minimum Gasteiger partial charge on any atom is -0.378 e. The van der Waals surface area contributed by atoms with Gasteiger partial charge in [-0.05, 0) is 54.0 Å². The summed E-state index contributed by atoms with van der Waals surface area (Å²) >= 11 is 3.03. The summed E-state index contributed by atoms with van der Waals surface area (Å²) in [7, 11) is 4.05. The van der Waals surface area contributed by atoms with Crippen molar-refractivity contribution in [2.75, 3.05) is 23.9 Å². The summed E-state index contributed by atoms with van der Waals surface area (Å²) in [6.45, 7) is 0. The first-order valence-corrected chi connectivity index (χ1v) is 13.7. The van der Waals surface area contributed by atoms with E-state index >= 15 is 0 Å². The molecule has 3 heterocycles. The van der Waals surface area contributed by atoms with E-state index in [1.54, 1.807) is 11.8 Å². The number of hydrogen-bond donors (Lipinski definition) is 1. The van der Waals surface area contributed by atoms with Gasteiger partial charge in [0, 0.05) is 35.8 Å². The molecule has 0 spiro atoms. The van der Waals surface area contributed by atoms with Gasteiger partial charge in [-0.25, -0.2) is 0 Å². The largest absolute Gasteiger partial charge is 0.378 e. The van der Waals surface area contributed by atoms with Gasteiger partial charge in [-0.3, -0.25) is 19.3 Å². The number of amides is 2. The summed E-state index contributed by atoms with van der Waals surface area (Å²) in [5.74, 6) is -0.0580. The van der Waals surface area contributed by atoms with Gasteiger partial charge in [-0.1, -0.05) is 41.7 Å². The minimum absolute atomic E-state index is 0.0349. The van der Waals surface area contributed by atoms with Crippen molar-refractivity contribution in [3.63, 3.8) is 0 Å². The molecule has 35 heavy (non-hydrogen) atoms. The van der Waals surface area contributed by atoms with Crippen LogP contribution in [0.25, 0.3) is 0 Å². The molecule has 6 nitrogen and oxygen atoms in total. The van der Waals surface area contributed by atoms with Crippen molar-refractivity contribution >= 4 is 46.3 Å². The molecule has 4 aliphatic rings. The molecule has 7 rings (SSSR count). The molecule has 178 valence electrons. The zero-order chi connectivity index (χ0) is 24.0. The number of nitrogens with zero attached hydrogens (tertiary/aromatic N) is 2. The lowest BCUT2D eigenvalue weighted by molar-refractivity contribution is -0.123. The number of hydrogen-bond acceptors (Lipinski definition) is 6. The molecular weight excluding hydrogens is 478 g/mol. The third-order valence-corrected chi connectivity index (χ3v) is 11.1. The Bertz CT molecular complexity index is 1400. The highest BCUT2D eigenvalue weighted by molar-refractivity contribution is 8.00. The van der Waals surface area contributed by atoms with Crippen molar-refractivity contribution in [1.82, 2.24) is 4.98 Å². The van der Waals surface area contributed by atoms with E-state index < -0.39 is 0 Å². The topological polar surface area (TPSA) is 73.5 Å². The summed E-state index contributed by atoms with van der Waals surface area (Å²) in [6, 6.07) is 17.9. The van der Waals surface area contributed by atoms with Crippen LogP contribution in [0.4, 0.5) is 11.4 Å². The molecule has 0 unspecified atom stereocenters. The summed E-state index contributed by atoms with van der Waals surface area (Å²) in [5, 5.41) is 1.16. The van der Waals surface area contributed by atoms with Gasteiger partial charge in [0.2, 0.25) is 11.8 Å². The number of anilines is 2. The van der Waals surface area contributed by atoms with Crippen LogP contribution in [-0.4, -0.2) is 36.1 Å². The average molecular weight is 504 g/mol. The fourth-order valence-electron chi connectivity index (χ4n) is 7.20. The number of carbonyl (C=O) groups is 2. The third-order valence-electron chi connectivity index (χ3n) is 8.51. The number of para-hydroxylation sites is 1.